The van der Waals surface area contributed by atoms with Gasteiger partial charge in [-0.2, -0.15) is 0 Å². The van der Waals surface area contributed by atoms with Crippen molar-refractivity contribution in [1.82, 2.24) is 0 Å². The molecule has 0 fully saturated rings. The average Bonchev–Trinajstić information content (AvgIpc) is 2.70. The van der Waals surface area contributed by atoms with Crippen LogP contribution in [0.3, 0.4) is 0 Å². The quantitative estimate of drug-likeness (QED) is 0.162. The van der Waals surface area contributed by atoms with E-state index in [0.717, 1.165) is 0 Å². The van der Waals surface area contributed by atoms with Crippen molar-refractivity contribution in [3.8, 4) is 0 Å². The van der Waals surface area contributed by atoms with E-state index in [1.165, 1.54) is 0 Å². The van der Waals surface area contributed by atoms with Gasteiger partial charge in [-0.25, -0.2) is 0 Å². The maximum Gasteiger partial charge on any atom is 0.192 e. The summed E-state index contributed by atoms with van der Waals surface area (Å²) in [7, 11) is -1.68. The highest BCUT2D eigenvalue weighted by molar-refractivity contribution is 6.74. The van der Waals surface area contributed by atoms with Crippen LogP contribution < -0.4 is 0 Å². The zero-order chi connectivity index (χ0) is 24.1. The van der Waals surface area contributed by atoms with Gasteiger partial charge in [-0.05, 0) is 32.0 Å². The molecule has 0 heterocycles. The summed E-state index contributed by atoms with van der Waals surface area (Å²) in [5.74, 6) is 0. The maximum atomic E-state index is 6.06. The van der Waals surface area contributed by atoms with Crippen molar-refractivity contribution in [3.63, 3.8) is 0 Å². The molecular formula is C23H50O8Si. The SMILES string of the molecule is CC(C)OCCOCCOCCOCCOCCOCCOCCO[Si](C)(C)C(C)(C)C. The number of ether oxygens (including phenoxy) is 7. The minimum absolute atomic E-state index is 0.229. The molecule has 0 saturated heterocycles. The summed E-state index contributed by atoms with van der Waals surface area (Å²) in [6.45, 7) is 23.2. The molecule has 0 aliphatic carbocycles. The fourth-order valence-electron chi connectivity index (χ4n) is 2.12. The molecular weight excluding hydrogens is 432 g/mol. The summed E-state index contributed by atoms with van der Waals surface area (Å²) in [6, 6.07) is 0. The second kappa shape index (κ2) is 20.3. The highest BCUT2D eigenvalue weighted by Gasteiger charge is 2.36. The number of hydrogen-bond acceptors (Lipinski definition) is 8. The molecule has 0 bridgehead atoms. The van der Waals surface area contributed by atoms with Gasteiger partial charge in [0, 0.05) is 0 Å². The van der Waals surface area contributed by atoms with Gasteiger partial charge in [0.05, 0.1) is 98.6 Å². The molecule has 0 aliphatic heterocycles. The van der Waals surface area contributed by atoms with Gasteiger partial charge in [0.2, 0.25) is 0 Å². The first-order valence-corrected chi connectivity index (χ1v) is 14.8. The Morgan fingerprint density at radius 3 is 1.06 bits per heavy atom. The van der Waals surface area contributed by atoms with Gasteiger partial charge in [-0.3, -0.25) is 0 Å². The molecule has 0 radical (unpaired) electrons. The zero-order valence-corrected chi connectivity index (χ0v) is 22.7. The van der Waals surface area contributed by atoms with E-state index in [1.54, 1.807) is 0 Å². The van der Waals surface area contributed by atoms with Crippen LogP contribution in [0.25, 0.3) is 0 Å². The fourth-order valence-corrected chi connectivity index (χ4v) is 3.14. The lowest BCUT2D eigenvalue weighted by Gasteiger charge is -2.36. The Balaban J connectivity index is 3.17. The Hall–Kier alpha value is -0.103. The molecule has 0 aromatic carbocycles. The third-order valence-electron chi connectivity index (χ3n) is 5.04. The van der Waals surface area contributed by atoms with Crippen molar-refractivity contribution in [2.45, 2.75) is 58.9 Å². The largest absolute Gasteiger partial charge is 0.414 e. The Bertz CT molecular complexity index is 402. The predicted molar refractivity (Wildman–Crippen MR) is 129 cm³/mol. The van der Waals surface area contributed by atoms with Crippen LogP contribution in [0.4, 0.5) is 0 Å². The molecule has 32 heavy (non-hydrogen) atoms. The summed E-state index contributed by atoms with van der Waals surface area (Å²) in [6.07, 6.45) is 0.242. The second-order valence-corrected chi connectivity index (χ2v) is 14.0. The topological polar surface area (TPSA) is 73.8 Å². The summed E-state index contributed by atoms with van der Waals surface area (Å²) in [5.41, 5.74) is 0. The highest BCUT2D eigenvalue weighted by Crippen LogP contribution is 2.36. The van der Waals surface area contributed by atoms with Crippen LogP contribution in [0.15, 0.2) is 0 Å². The van der Waals surface area contributed by atoms with Crippen LogP contribution in [0.1, 0.15) is 34.6 Å². The Morgan fingerprint density at radius 1 is 0.500 bits per heavy atom. The van der Waals surface area contributed by atoms with Gasteiger partial charge >= 0.3 is 0 Å². The van der Waals surface area contributed by atoms with Crippen molar-refractivity contribution >= 4 is 8.32 Å². The molecule has 0 saturated carbocycles. The average molecular weight is 483 g/mol. The minimum Gasteiger partial charge on any atom is -0.414 e. The molecule has 194 valence electrons. The molecule has 0 atom stereocenters. The van der Waals surface area contributed by atoms with Gasteiger partial charge in [-0.1, -0.05) is 20.8 Å². The van der Waals surface area contributed by atoms with Gasteiger partial charge in [-0.15, -0.1) is 0 Å². The number of rotatable bonds is 23. The number of hydrogen-bond donors (Lipinski definition) is 0. The van der Waals surface area contributed by atoms with Crippen LogP contribution in [-0.4, -0.2) is 107 Å². The van der Waals surface area contributed by atoms with E-state index in [9.17, 15) is 0 Å². The third kappa shape index (κ3) is 20.5. The zero-order valence-electron chi connectivity index (χ0n) is 21.7. The van der Waals surface area contributed by atoms with Crippen molar-refractivity contribution in [2.75, 3.05) is 92.5 Å². The lowest BCUT2D eigenvalue weighted by atomic mass is 10.2. The maximum absolute atomic E-state index is 6.06. The van der Waals surface area contributed by atoms with Crippen LogP contribution in [0.2, 0.25) is 18.1 Å². The first kappa shape index (κ1) is 31.9. The summed E-state index contributed by atoms with van der Waals surface area (Å²) in [5, 5.41) is 0.229. The first-order chi connectivity index (χ1) is 15.2. The molecule has 0 spiro atoms. The van der Waals surface area contributed by atoms with Gasteiger partial charge < -0.3 is 37.6 Å². The second-order valence-electron chi connectivity index (χ2n) is 9.20. The van der Waals surface area contributed by atoms with E-state index in [4.69, 9.17) is 37.6 Å². The van der Waals surface area contributed by atoms with Gasteiger partial charge in [0.15, 0.2) is 8.32 Å². The minimum atomic E-state index is -1.68. The standard InChI is InChI=1S/C23H50O8Si/c1-22(2)30-20-18-28-16-14-26-12-10-24-8-9-25-11-13-27-15-17-29-19-21-31-32(6,7)23(3,4)5/h22H,8-21H2,1-7H3. The predicted octanol–water partition coefficient (Wildman–Crippen LogP) is 3.53. The van der Waals surface area contributed by atoms with Crippen molar-refractivity contribution in [3.05, 3.63) is 0 Å². The molecule has 0 aromatic heterocycles. The molecule has 0 amide bonds. The molecule has 9 heteroatoms. The highest BCUT2D eigenvalue weighted by atomic mass is 28.4. The molecule has 0 aliphatic rings. The third-order valence-corrected chi connectivity index (χ3v) is 9.57. The molecule has 8 nitrogen and oxygen atoms in total. The Morgan fingerprint density at radius 2 is 0.781 bits per heavy atom. The molecule has 0 N–H and O–H groups in total. The molecule has 0 unspecified atom stereocenters. The van der Waals surface area contributed by atoms with Crippen LogP contribution in [-0.2, 0) is 37.6 Å². The fraction of sp³-hybridized carbons (Fsp3) is 1.00. The van der Waals surface area contributed by atoms with Crippen LogP contribution >= 0.6 is 0 Å². The normalized spacial score (nSPS) is 12.8. The van der Waals surface area contributed by atoms with Gasteiger partial charge in [0.25, 0.3) is 0 Å². The van der Waals surface area contributed by atoms with Crippen LogP contribution in [0.5, 0.6) is 0 Å². The smallest absolute Gasteiger partial charge is 0.192 e. The molecule has 0 rings (SSSR count). The lowest BCUT2D eigenvalue weighted by molar-refractivity contribution is -0.0243. The van der Waals surface area contributed by atoms with E-state index in [-0.39, 0.29) is 11.1 Å². The van der Waals surface area contributed by atoms with E-state index < -0.39 is 8.32 Å². The van der Waals surface area contributed by atoms with Crippen molar-refractivity contribution < 1.29 is 37.6 Å². The lowest BCUT2D eigenvalue weighted by Crippen LogP contribution is -2.41. The molecule has 0 aromatic rings. The summed E-state index contributed by atoms with van der Waals surface area (Å²) in [4.78, 5) is 0. The van der Waals surface area contributed by atoms with E-state index in [2.05, 4.69) is 33.9 Å². The summed E-state index contributed by atoms with van der Waals surface area (Å²) < 4.78 is 44.2. The van der Waals surface area contributed by atoms with E-state index in [1.807, 2.05) is 13.8 Å². The summed E-state index contributed by atoms with van der Waals surface area (Å²) >= 11 is 0. The van der Waals surface area contributed by atoms with Crippen molar-refractivity contribution in [1.29, 1.82) is 0 Å². The van der Waals surface area contributed by atoms with Gasteiger partial charge in [0.1, 0.15) is 0 Å². The van der Waals surface area contributed by atoms with E-state index in [0.29, 0.717) is 92.5 Å². The Kier molecular flexibility index (Phi) is 20.2. The van der Waals surface area contributed by atoms with Crippen LogP contribution in [0, 0.1) is 0 Å². The Labute approximate surface area is 197 Å². The van der Waals surface area contributed by atoms with E-state index >= 15 is 0 Å². The first-order valence-electron chi connectivity index (χ1n) is 11.9. The van der Waals surface area contributed by atoms with Crippen molar-refractivity contribution in [2.24, 2.45) is 0 Å². The monoisotopic (exact) mass is 482 g/mol.